The van der Waals surface area contributed by atoms with E-state index in [4.69, 9.17) is 49.1 Å². The van der Waals surface area contributed by atoms with Crippen molar-refractivity contribution in [1.29, 1.82) is 0 Å². The van der Waals surface area contributed by atoms with Crippen molar-refractivity contribution in [2.24, 2.45) is 5.10 Å². The number of aryl methyl sites for hydroxylation is 1. The van der Waals surface area contributed by atoms with Gasteiger partial charge in [0, 0.05) is 27.6 Å². The van der Waals surface area contributed by atoms with Gasteiger partial charge in [0.05, 0.1) is 11.1 Å². The van der Waals surface area contributed by atoms with Gasteiger partial charge in [-0.05, 0) is 49.4 Å². The van der Waals surface area contributed by atoms with Crippen LogP contribution in [0.25, 0.3) is 0 Å². The Hall–Kier alpha value is -2.14. The fraction of sp³-hybridized carbons (Fsp3) is 0.190. The first-order valence-electron chi connectivity index (χ1n) is 8.83. The third-order valence-corrected chi connectivity index (χ3v) is 5.80. The van der Waals surface area contributed by atoms with E-state index in [1.807, 2.05) is 48.3 Å². The number of nitrogens with zero attached hydrogens (tertiary/aromatic N) is 2. The van der Waals surface area contributed by atoms with Gasteiger partial charge in [-0.1, -0.05) is 40.9 Å². The van der Waals surface area contributed by atoms with Crippen molar-refractivity contribution in [3.8, 4) is 5.75 Å². The van der Waals surface area contributed by atoms with E-state index < -0.39 is 6.23 Å². The van der Waals surface area contributed by atoms with Crippen LogP contribution < -0.4 is 4.74 Å². The first kappa shape index (κ1) is 17.9. The van der Waals surface area contributed by atoms with Crippen LogP contribution in [0.2, 0.25) is 15.1 Å². The van der Waals surface area contributed by atoms with Crippen LogP contribution in [0.15, 0.2) is 58.0 Å². The zero-order valence-corrected chi connectivity index (χ0v) is 17.1. The van der Waals surface area contributed by atoms with Crippen LogP contribution in [0.3, 0.4) is 0 Å². The van der Waals surface area contributed by atoms with E-state index in [1.54, 1.807) is 12.1 Å². The first-order chi connectivity index (χ1) is 13.5. The lowest BCUT2D eigenvalue weighted by Crippen LogP contribution is -2.33. The average molecular weight is 434 g/mol. The second-order valence-electron chi connectivity index (χ2n) is 6.88. The molecule has 0 fully saturated rings. The quantitative estimate of drug-likeness (QED) is 0.446. The Kier molecular flexibility index (Phi) is 4.31. The number of benzene rings is 2. The molecule has 0 bridgehead atoms. The van der Waals surface area contributed by atoms with Crippen LogP contribution in [0.5, 0.6) is 5.75 Å². The van der Waals surface area contributed by atoms with Gasteiger partial charge in [-0.2, -0.15) is 5.10 Å². The first-order valence-corrected chi connectivity index (χ1v) is 9.96. The highest BCUT2D eigenvalue weighted by Crippen LogP contribution is 2.49. The maximum absolute atomic E-state index is 6.48. The summed E-state index contributed by atoms with van der Waals surface area (Å²) >= 11 is 18.8. The fourth-order valence-electron chi connectivity index (χ4n) is 3.70. The Morgan fingerprint density at radius 3 is 2.50 bits per heavy atom. The maximum Gasteiger partial charge on any atom is 0.215 e. The molecule has 28 heavy (non-hydrogen) atoms. The van der Waals surface area contributed by atoms with E-state index >= 15 is 0 Å². The number of hydrazone groups is 1. The van der Waals surface area contributed by atoms with Gasteiger partial charge in [-0.3, -0.25) is 0 Å². The lowest BCUT2D eigenvalue weighted by atomic mass is 9.97. The molecule has 2 aliphatic rings. The van der Waals surface area contributed by atoms with Crippen molar-refractivity contribution in [3.05, 3.63) is 86.2 Å². The molecule has 0 unspecified atom stereocenters. The molecule has 2 aliphatic heterocycles. The number of fused-ring (bicyclic) bond motifs is 3. The molecule has 0 aliphatic carbocycles. The molecular weight excluding hydrogens is 419 g/mol. The monoisotopic (exact) mass is 432 g/mol. The predicted octanol–water partition coefficient (Wildman–Crippen LogP) is 6.79. The Bertz CT molecular complexity index is 1110. The second-order valence-corrected chi connectivity index (χ2v) is 8.16. The minimum atomic E-state index is -0.475. The van der Waals surface area contributed by atoms with Crippen molar-refractivity contribution in [3.63, 3.8) is 0 Å². The summed E-state index contributed by atoms with van der Waals surface area (Å²) in [7, 11) is 0. The Labute approximate surface area is 177 Å². The van der Waals surface area contributed by atoms with Gasteiger partial charge in [-0.25, -0.2) is 5.01 Å². The molecule has 0 amide bonds. The predicted molar refractivity (Wildman–Crippen MR) is 110 cm³/mol. The summed E-state index contributed by atoms with van der Waals surface area (Å²) in [5, 5.41) is 8.54. The van der Waals surface area contributed by atoms with E-state index in [2.05, 4.69) is 0 Å². The van der Waals surface area contributed by atoms with Gasteiger partial charge in [0.2, 0.25) is 6.23 Å². The van der Waals surface area contributed by atoms with Crippen LogP contribution in [0.4, 0.5) is 0 Å². The normalized spacial score (nSPS) is 20.4. The van der Waals surface area contributed by atoms with E-state index in [0.29, 0.717) is 21.5 Å². The molecule has 3 aromatic rings. The van der Waals surface area contributed by atoms with Crippen molar-refractivity contribution in [2.45, 2.75) is 25.6 Å². The summed E-state index contributed by atoms with van der Waals surface area (Å²) in [4.78, 5) is 0. The molecule has 0 N–H and O–H groups in total. The largest absolute Gasteiger partial charge is 0.464 e. The molecule has 142 valence electrons. The molecule has 5 rings (SSSR count). The third-order valence-electron chi connectivity index (χ3n) is 5.01. The lowest BCUT2D eigenvalue weighted by Gasteiger charge is -2.38. The maximum atomic E-state index is 6.48. The number of ether oxygens (including phenoxy) is 1. The molecule has 4 nitrogen and oxygen atoms in total. The van der Waals surface area contributed by atoms with Crippen LogP contribution in [0, 0.1) is 6.92 Å². The summed E-state index contributed by atoms with van der Waals surface area (Å²) in [6.07, 6.45) is 0.211. The molecule has 2 aromatic carbocycles. The highest BCUT2D eigenvalue weighted by atomic mass is 35.5. The van der Waals surface area contributed by atoms with E-state index in [9.17, 15) is 0 Å². The SMILES string of the molecule is Cc1ccc(C2=NN3[C@@H](c4ccc(Cl)cc4Cl)Oc4ccc(Cl)cc4[C@@H]3C2)o1. The Morgan fingerprint density at radius 1 is 0.964 bits per heavy atom. The number of halogens is 3. The fourth-order valence-corrected chi connectivity index (χ4v) is 4.39. The van der Waals surface area contributed by atoms with E-state index in [0.717, 1.165) is 34.1 Å². The number of hydrogen-bond donors (Lipinski definition) is 0. The van der Waals surface area contributed by atoms with Crippen molar-refractivity contribution in [2.75, 3.05) is 0 Å². The average Bonchev–Trinajstić information content (AvgIpc) is 3.28. The minimum Gasteiger partial charge on any atom is -0.464 e. The van der Waals surface area contributed by atoms with Gasteiger partial charge >= 0.3 is 0 Å². The molecule has 0 saturated heterocycles. The number of furan rings is 1. The van der Waals surface area contributed by atoms with Gasteiger partial charge in [0.15, 0.2) is 0 Å². The summed E-state index contributed by atoms with van der Waals surface area (Å²) < 4.78 is 12.1. The highest BCUT2D eigenvalue weighted by Gasteiger charge is 2.42. The second kappa shape index (κ2) is 6.73. The Balaban J connectivity index is 1.63. The summed E-state index contributed by atoms with van der Waals surface area (Å²) in [6, 6.07) is 14.9. The van der Waals surface area contributed by atoms with Crippen molar-refractivity contribution >= 4 is 40.5 Å². The Morgan fingerprint density at radius 2 is 1.75 bits per heavy atom. The topological polar surface area (TPSA) is 38.0 Å². The molecule has 7 heteroatoms. The zero-order chi connectivity index (χ0) is 19.4. The van der Waals surface area contributed by atoms with Crippen LogP contribution in [0.1, 0.15) is 41.3 Å². The molecule has 3 heterocycles. The summed E-state index contributed by atoms with van der Waals surface area (Å²) in [5.41, 5.74) is 2.66. The standard InChI is InChI=1S/C21H15Cl3N2O2/c1-11-2-6-20(27-11)17-10-18-15-8-12(22)4-7-19(15)28-21(26(18)25-17)14-5-3-13(23)9-16(14)24/h2-9,18,21H,10H2,1H3/t18-,21+/m0/s1. The smallest absolute Gasteiger partial charge is 0.215 e. The van der Waals surface area contributed by atoms with Gasteiger partial charge < -0.3 is 9.15 Å². The van der Waals surface area contributed by atoms with Crippen molar-refractivity contribution < 1.29 is 9.15 Å². The van der Waals surface area contributed by atoms with Crippen molar-refractivity contribution in [1.82, 2.24) is 5.01 Å². The minimum absolute atomic E-state index is 0.0281. The number of hydrogen-bond acceptors (Lipinski definition) is 4. The van der Waals surface area contributed by atoms with Gasteiger partial charge in [0.25, 0.3) is 0 Å². The lowest BCUT2D eigenvalue weighted by molar-refractivity contribution is -0.0189. The molecular formula is C21H15Cl3N2O2. The molecule has 0 spiro atoms. The molecule has 0 radical (unpaired) electrons. The van der Waals surface area contributed by atoms with Gasteiger partial charge in [0.1, 0.15) is 23.0 Å². The van der Waals surface area contributed by atoms with Crippen LogP contribution >= 0.6 is 34.8 Å². The zero-order valence-electron chi connectivity index (χ0n) is 14.8. The molecule has 0 saturated carbocycles. The van der Waals surface area contributed by atoms with Crippen LogP contribution in [-0.4, -0.2) is 10.7 Å². The van der Waals surface area contributed by atoms with Gasteiger partial charge in [-0.15, -0.1) is 0 Å². The van der Waals surface area contributed by atoms with E-state index in [-0.39, 0.29) is 6.04 Å². The van der Waals surface area contributed by atoms with E-state index in [1.165, 1.54) is 0 Å². The summed E-state index contributed by atoms with van der Waals surface area (Å²) in [5.74, 6) is 2.38. The third kappa shape index (κ3) is 2.96. The summed E-state index contributed by atoms with van der Waals surface area (Å²) in [6.45, 7) is 1.92. The molecule has 1 aromatic heterocycles. The number of rotatable bonds is 2. The highest BCUT2D eigenvalue weighted by molar-refractivity contribution is 6.35. The molecule has 2 atom stereocenters. The van der Waals surface area contributed by atoms with Crippen LogP contribution in [-0.2, 0) is 0 Å².